The fraction of sp³-hybridized carbons (Fsp3) is 0.625. The molecule has 144 valence electrons. The first-order valence-electron chi connectivity index (χ1n) is 8.54. The number of hydrogen-bond acceptors (Lipinski definition) is 6. The predicted molar refractivity (Wildman–Crippen MR) is 97.8 cm³/mol. The van der Waals surface area contributed by atoms with Crippen molar-refractivity contribution >= 4 is 29.5 Å². The van der Waals surface area contributed by atoms with Gasteiger partial charge in [-0.15, -0.1) is 0 Å². The summed E-state index contributed by atoms with van der Waals surface area (Å²) in [5.74, 6) is -1.17. The van der Waals surface area contributed by atoms with Crippen LogP contribution in [0.25, 0.3) is 0 Å². The van der Waals surface area contributed by atoms with Gasteiger partial charge in [0.15, 0.2) is 0 Å². The van der Waals surface area contributed by atoms with Crippen LogP contribution in [-0.2, 0) is 20.8 Å². The van der Waals surface area contributed by atoms with Crippen molar-refractivity contribution in [2.75, 3.05) is 18.6 Å². The molecule has 0 aliphatic carbocycles. The van der Waals surface area contributed by atoms with Gasteiger partial charge in [-0.3, -0.25) is 9.59 Å². The largest absolute Gasteiger partial charge is 0.480 e. The smallest absolute Gasteiger partial charge is 0.326 e. The van der Waals surface area contributed by atoms with Gasteiger partial charge >= 0.3 is 5.97 Å². The number of nitrogens with one attached hydrogen (secondary N) is 4. The lowest BCUT2D eigenvalue weighted by Gasteiger charge is -2.22. The van der Waals surface area contributed by atoms with Crippen molar-refractivity contribution in [1.82, 2.24) is 25.9 Å². The third kappa shape index (κ3) is 6.03. The number of carboxylic acid groups (broad SMARTS) is 1. The molecule has 3 unspecified atom stereocenters. The van der Waals surface area contributed by atoms with E-state index in [0.29, 0.717) is 17.9 Å². The molecule has 26 heavy (non-hydrogen) atoms. The van der Waals surface area contributed by atoms with Crippen LogP contribution in [-0.4, -0.2) is 69.5 Å². The molecule has 0 spiro atoms. The van der Waals surface area contributed by atoms with Crippen LogP contribution in [0.5, 0.6) is 0 Å². The normalized spacial score (nSPS) is 18.9. The van der Waals surface area contributed by atoms with Gasteiger partial charge in [-0.1, -0.05) is 0 Å². The number of aromatic nitrogens is 2. The minimum absolute atomic E-state index is 0.0917. The van der Waals surface area contributed by atoms with Crippen molar-refractivity contribution < 1.29 is 19.5 Å². The third-order valence-corrected chi connectivity index (χ3v) is 4.86. The first-order chi connectivity index (χ1) is 12.5. The Morgan fingerprint density at radius 3 is 2.77 bits per heavy atom. The van der Waals surface area contributed by atoms with Crippen molar-refractivity contribution in [2.45, 2.75) is 43.8 Å². The van der Waals surface area contributed by atoms with Crippen molar-refractivity contribution in [3.63, 3.8) is 0 Å². The van der Waals surface area contributed by atoms with E-state index in [1.165, 1.54) is 12.5 Å². The van der Waals surface area contributed by atoms with E-state index in [1.54, 1.807) is 11.8 Å². The molecule has 10 heteroatoms. The Kier molecular flexibility index (Phi) is 7.92. The number of nitrogens with zero attached hydrogens (tertiary/aromatic N) is 1. The summed E-state index contributed by atoms with van der Waals surface area (Å²) in [7, 11) is 0. The SMILES string of the molecule is CSCCC(NC(=O)C1CCCN1)C(=O)NC(Cc1cnc[nH]1)C(=O)O. The fourth-order valence-electron chi connectivity index (χ4n) is 2.77. The summed E-state index contributed by atoms with van der Waals surface area (Å²) in [4.78, 5) is 43.1. The first-order valence-corrected chi connectivity index (χ1v) is 9.93. The first kappa shape index (κ1) is 20.2. The molecule has 1 aromatic rings. The Balaban J connectivity index is 1.98. The van der Waals surface area contributed by atoms with Gasteiger partial charge in [-0.05, 0) is 37.8 Å². The molecule has 1 aromatic heterocycles. The Hall–Kier alpha value is -2.07. The van der Waals surface area contributed by atoms with E-state index in [0.717, 1.165) is 19.4 Å². The quantitative estimate of drug-likeness (QED) is 0.368. The van der Waals surface area contributed by atoms with E-state index < -0.39 is 24.0 Å². The monoisotopic (exact) mass is 383 g/mol. The summed E-state index contributed by atoms with van der Waals surface area (Å²) < 4.78 is 0. The minimum atomic E-state index is -1.14. The number of H-pyrrole nitrogens is 1. The van der Waals surface area contributed by atoms with Gasteiger partial charge in [0.25, 0.3) is 0 Å². The van der Waals surface area contributed by atoms with Gasteiger partial charge in [-0.25, -0.2) is 9.78 Å². The molecule has 0 saturated carbocycles. The van der Waals surface area contributed by atoms with Crippen LogP contribution in [0, 0.1) is 0 Å². The van der Waals surface area contributed by atoms with E-state index in [2.05, 4.69) is 25.9 Å². The summed E-state index contributed by atoms with van der Waals surface area (Å²) in [6.07, 6.45) is 7.06. The lowest BCUT2D eigenvalue weighted by atomic mass is 10.1. The van der Waals surface area contributed by atoms with Crippen molar-refractivity contribution in [3.05, 3.63) is 18.2 Å². The third-order valence-electron chi connectivity index (χ3n) is 4.21. The predicted octanol–water partition coefficient (Wildman–Crippen LogP) is -0.488. The average Bonchev–Trinajstić information content (AvgIpc) is 3.31. The van der Waals surface area contributed by atoms with Crippen LogP contribution in [0.2, 0.25) is 0 Å². The second kappa shape index (κ2) is 10.2. The number of imidazole rings is 1. The van der Waals surface area contributed by atoms with Gasteiger partial charge in [0.1, 0.15) is 12.1 Å². The molecule has 3 atom stereocenters. The highest BCUT2D eigenvalue weighted by molar-refractivity contribution is 7.98. The lowest BCUT2D eigenvalue weighted by Crippen LogP contribution is -2.54. The summed E-state index contributed by atoms with van der Waals surface area (Å²) in [6.45, 7) is 0.783. The van der Waals surface area contributed by atoms with E-state index >= 15 is 0 Å². The molecule has 1 fully saturated rings. The number of rotatable bonds is 10. The van der Waals surface area contributed by atoms with Crippen LogP contribution in [0.3, 0.4) is 0 Å². The minimum Gasteiger partial charge on any atom is -0.480 e. The molecule has 0 radical (unpaired) electrons. The van der Waals surface area contributed by atoms with Crippen LogP contribution < -0.4 is 16.0 Å². The molecule has 2 amide bonds. The maximum Gasteiger partial charge on any atom is 0.326 e. The standard InChI is InChI=1S/C16H25N5O4S/c1-26-6-4-12(20-14(22)11-3-2-5-18-11)15(23)21-13(16(24)25)7-10-8-17-9-19-10/h8-9,11-13,18H,2-7H2,1H3,(H,17,19)(H,20,22)(H,21,23)(H,24,25). The Bertz CT molecular complexity index is 604. The molecular weight excluding hydrogens is 358 g/mol. The second-order valence-electron chi connectivity index (χ2n) is 6.17. The highest BCUT2D eigenvalue weighted by Crippen LogP contribution is 2.08. The number of carbonyl (C=O) groups is 3. The number of carboxylic acids is 1. The maximum atomic E-state index is 12.6. The van der Waals surface area contributed by atoms with Gasteiger partial charge in [0.2, 0.25) is 11.8 Å². The Morgan fingerprint density at radius 1 is 1.38 bits per heavy atom. The van der Waals surface area contributed by atoms with E-state index in [4.69, 9.17) is 0 Å². The van der Waals surface area contributed by atoms with Gasteiger partial charge < -0.3 is 26.0 Å². The van der Waals surface area contributed by atoms with Gasteiger partial charge in [0.05, 0.1) is 12.4 Å². The average molecular weight is 383 g/mol. The molecule has 0 aromatic carbocycles. The molecule has 1 saturated heterocycles. The molecule has 1 aliphatic heterocycles. The molecule has 2 rings (SSSR count). The molecular formula is C16H25N5O4S. The number of aliphatic carboxylic acids is 1. The van der Waals surface area contributed by atoms with E-state index in [1.807, 2.05) is 6.26 Å². The maximum absolute atomic E-state index is 12.6. The molecule has 0 bridgehead atoms. The molecule has 5 N–H and O–H groups in total. The van der Waals surface area contributed by atoms with Crippen LogP contribution in [0.15, 0.2) is 12.5 Å². The zero-order valence-electron chi connectivity index (χ0n) is 14.7. The zero-order chi connectivity index (χ0) is 18.9. The van der Waals surface area contributed by atoms with Gasteiger partial charge in [-0.2, -0.15) is 11.8 Å². The molecule has 1 aliphatic rings. The Labute approximate surface area is 156 Å². The summed E-state index contributed by atoms with van der Waals surface area (Å²) in [5.41, 5.74) is 0.609. The van der Waals surface area contributed by atoms with Crippen LogP contribution in [0.1, 0.15) is 25.0 Å². The van der Waals surface area contributed by atoms with E-state index in [9.17, 15) is 19.5 Å². The number of carbonyl (C=O) groups excluding carboxylic acids is 2. The number of amides is 2. The summed E-state index contributed by atoms with van der Waals surface area (Å²) >= 11 is 1.56. The lowest BCUT2D eigenvalue weighted by molar-refractivity contribution is -0.142. The zero-order valence-corrected chi connectivity index (χ0v) is 15.5. The van der Waals surface area contributed by atoms with Crippen molar-refractivity contribution in [1.29, 1.82) is 0 Å². The topological polar surface area (TPSA) is 136 Å². The fourth-order valence-corrected chi connectivity index (χ4v) is 3.25. The van der Waals surface area contributed by atoms with Crippen LogP contribution >= 0.6 is 11.8 Å². The second-order valence-corrected chi connectivity index (χ2v) is 7.16. The summed E-state index contributed by atoms with van der Waals surface area (Å²) in [5, 5.41) is 17.8. The number of aromatic amines is 1. The van der Waals surface area contributed by atoms with Crippen LogP contribution in [0.4, 0.5) is 0 Å². The highest BCUT2D eigenvalue weighted by atomic mass is 32.2. The van der Waals surface area contributed by atoms with Crippen molar-refractivity contribution in [3.8, 4) is 0 Å². The number of hydrogen-bond donors (Lipinski definition) is 5. The highest BCUT2D eigenvalue weighted by Gasteiger charge is 2.29. The van der Waals surface area contributed by atoms with Crippen molar-refractivity contribution in [2.24, 2.45) is 0 Å². The number of thioether (sulfide) groups is 1. The molecule has 9 nitrogen and oxygen atoms in total. The summed E-state index contributed by atoms with van der Waals surface area (Å²) in [6, 6.07) is -2.15. The van der Waals surface area contributed by atoms with E-state index in [-0.39, 0.29) is 18.4 Å². The molecule has 2 heterocycles. The van der Waals surface area contributed by atoms with Gasteiger partial charge in [0, 0.05) is 18.3 Å². The Morgan fingerprint density at radius 2 is 2.19 bits per heavy atom.